The van der Waals surface area contributed by atoms with Crippen molar-refractivity contribution in [1.82, 2.24) is 20.1 Å². The van der Waals surface area contributed by atoms with E-state index in [1.807, 2.05) is 30.3 Å². The van der Waals surface area contributed by atoms with Gasteiger partial charge in [-0.25, -0.2) is 9.18 Å². The highest BCUT2D eigenvalue weighted by atomic mass is 19.1. The van der Waals surface area contributed by atoms with Crippen LogP contribution in [-0.4, -0.2) is 63.7 Å². The number of carbonyl (C=O) groups is 1. The average molecular weight is 397 g/mol. The van der Waals surface area contributed by atoms with Crippen molar-refractivity contribution in [3.05, 3.63) is 42.7 Å². The van der Waals surface area contributed by atoms with Crippen LogP contribution in [0.1, 0.15) is 6.42 Å². The van der Waals surface area contributed by atoms with E-state index in [2.05, 4.69) is 20.5 Å². The summed E-state index contributed by atoms with van der Waals surface area (Å²) in [5.74, 6) is 1.22. The van der Waals surface area contributed by atoms with E-state index in [0.717, 1.165) is 27.0 Å². The maximum Gasteiger partial charge on any atom is 0.407 e. The van der Waals surface area contributed by atoms with Crippen LogP contribution in [0.4, 0.5) is 15.0 Å². The lowest BCUT2D eigenvalue weighted by molar-refractivity contribution is 0.102. The van der Waals surface area contributed by atoms with E-state index in [9.17, 15) is 14.3 Å². The standard InChI is InChI=1S/C20H20FN5O3/c1-29-15-4-2-12(3-5-15)18-17-9-22-7-6-16(17)19(25-24-18)23-14-8-13(21)10-26(11-14)20(27)28/h2-7,9,13-14H,8,10-11H2,1H3,(H,23,25)(H,27,28)/t13-,14-/m1/s1. The number of hydrogen-bond donors (Lipinski definition) is 2. The van der Waals surface area contributed by atoms with Gasteiger partial charge in [0, 0.05) is 47.7 Å². The number of nitrogens with one attached hydrogen (secondary N) is 1. The molecule has 1 amide bonds. The smallest absolute Gasteiger partial charge is 0.407 e. The van der Waals surface area contributed by atoms with E-state index in [4.69, 9.17) is 4.74 Å². The van der Waals surface area contributed by atoms with Crippen molar-refractivity contribution in [2.24, 2.45) is 0 Å². The molecule has 1 aliphatic rings. The molecule has 1 saturated heterocycles. The van der Waals surface area contributed by atoms with Gasteiger partial charge in [0.25, 0.3) is 0 Å². The summed E-state index contributed by atoms with van der Waals surface area (Å²) in [4.78, 5) is 16.5. The Labute approximate surface area is 166 Å². The number of hydrogen-bond acceptors (Lipinski definition) is 6. The van der Waals surface area contributed by atoms with Gasteiger partial charge in [-0.2, -0.15) is 0 Å². The second-order valence-electron chi connectivity index (χ2n) is 6.91. The molecule has 150 valence electrons. The van der Waals surface area contributed by atoms with Crippen molar-refractivity contribution in [2.75, 3.05) is 25.5 Å². The molecule has 0 radical (unpaired) electrons. The molecule has 3 aromatic rings. The van der Waals surface area contributed by atoms with Gasteiger partial charge in [0.15, 0.2) is 5.82 Å². The Morgan fingerprint density at radius 1 is 1.21 bits per heavy atom. The highest BCUT2D eigenvalue weighted by Gasteiger charge is 2.30. The molecule has 2 atom stereocenters. The largest absolute Gasteiger partial charge is 0.497 e. The lowest BCUT2D eigenvalue weighted by Crippen LogP contribution is -2.49. The van der Waals surface area contributed by atoms with E-state index in [-0.39, 0.29) is 19.5 Å². The zero-order valence-electron chi connectivity index (χ0n) is 15.7. The first-order valence-electron chi connectivity index (χ1n) is 9.18. The van der Waals surface area contributed by atoms with Gasteiger partial charge in [0.1, 0.15) is 17.6 Å². The monoisotopic (exact) mass is 397 g/mol. The van der Waals surface area contributed by atoms with Gasteiger partial charge in [0.2, 0.25) is 0 Å². The van der Waals surface area contributed by atoms with Crippen LogP contribution in [0.5, 0.6) is 5.75 Å². The Bertz CT molecular complexity index is 1030. The number of aromatic nitrogens is 3. The van der Waals surface area contributed by atoms with Crippen LogP contribution in [0, 0.1) is 0 Å². The molecule has 0 unspecified atom stereocenters. The molecule has 2 N–H and O–H groups in total. The fourth-order valence-electron chi connectivity index (χ4n) is 3.56. The number of amides is 1. The molecule has 0 spiro atoms. The summed E-state index contributed by atoms with van der Waals surface area (Å²) in [7, 11) is 1.60. The highest BCUT2D eigenvalue weighted by molar-refractivity contribution is 5.99. The summed E-state index contributed by atoms with van der Waals surface area (Å²) in [6, 6.07) is 8.88. The number of methoxy groups -OCH3 is 1. The van der Waals surface area contributed by atoms with Crippen molar-refractivity contribution < 1.29 is 19.0 Å². The third-order valence-corrected chi connectivity index (χ3v) is 4.96. The van der Waals surface area contributed by atoms with E-state index in [1.54, 1.807) is 19.5 Å². The molecule has 1 aliphatic heterocycles. The van der Waals surface area contributed by atoms with Crippen LogP contribution >= 0.6 is 0 Å². The fourth-order valence-corrected chi connectivity index (χ4v) is 3.56. The first-order chi connectivity index (χ1) is 14.0. The number of likely N-dealkylation sites (tertiary alicyclic amines) is 1. The minimum atomic E-state index is -1.23. The minimum absolute atomic E-state index is 0.111. The van der Waals surface area contributed by atoms with Crippen LogP contribution in [0.15, 0.2) is 42.7 Å². The van der Waals surface area contributed by atoms with Gasteiger partial charge >= 0.3 is 6.09 Å². The Morgan fingerprint density at radius 3 is 2.72 bits per heavy atom. The van der Waals surface area contributed by atoms with Crippen LogP contribution in [0.3, 0.4) is 0 Å². The predicted octanol–water partition coefficient (Wildman–Crippen LogP) is 3.20. The highest BCUT2D eigenvalue weighted by Crippen LogP contribution is 2.31. The molecule has 4 rings (SSSR count). The molecular formula is C20H20FN5O3. The Hall–Kier alpha value is -3.49. The third kappa shape index (κ3) is 3.89. The summed E-state index contributed by atoms with van der Waals surface area (Å²) >= 11 is 0. The van der Waals surface area contributed by atoms with Gasteiger partial charge in [0.05, 0.1) is 13.7 Å². The van der Waals surface area contributed by atoms with Gasteiger partial charge in [-0.3, -0.25) is 4.98 Å². The molecule has 8 nitrogen and oxygen atoms in total. The van der Waals surface area contributed by atoms with Crippen LogP contribution < -0.4 is 10.1 Å². The maximum absolute atomic E-state index is 14.0. The number of benzene rings is 1. The summed E-state index contributed by atoms with van der Waals surface area (Å²) in [5.41, 5.74) is 1.53. The first kappa shape index (κ1) is 18.9. The van der Waals surface area contributed by atoms with Gasteiger partial charge in [-0.15, -0.1) is 10.2 Å². The van der Waals surface area contributed by atoms with E-state index in [1.165, 1.54) is 0 Å². The van der Waals surface area contributed by atoms with Gasteiger partial charge in [-0.1, -0.05) is 0 Å². The molecule has 0 saturated carbocycles. The molecule has 29 heavy (non-hydrogen) atoms. The molecule has 1 aromatic carbocycles. The molecule has 9 heteroatoms. The quantitative estimate of drug-likeness (QED) is 0.697. The number of fused-ring (bicyclic) bond motifs is 1. The molecule has 0 aliphatic carbocycles. The Kier molecular flexibility index (Phi) is 5.11. The first-order valence-corrected chi connectivity index (χ1v) is 9.18. The number of carboxylic acid groups (broad SMARTS) is 1. The number of alkyl halides is 1. The second-order valence-corrected chi connectivity index (χ2v) is 6.91. The van der Waals surface area contributed by atoms with E-state index < -0.39 is 18.3 Å². The zero-order valence-corrected chi connectivity index (χ0v) is 15.7. The van der Waals surface area contributed by atoms with Crippen LogP contribution in [-0.2, 0) is 0 Å². The van der Waals surface area contributed by atoms with Crippen molar-refractivity contribution in [2.45, 2.75) is 18.6 Å². The summed E-state index contributed by atoms with van der Waals surface area (Å²) in [6.07, 6.45) is 1.20. The van der Waals surface area contributed by atoms with Crippen molar-refractivity contribution >= 4 is 22.7 Å². The lowest BCUT2D eigenvalue weighted by Gasteiger charge is -2.33. The minimum Gasteiger partial charge on any atom is -0.497 e. The van der Waals surface area contributed by atoms with E-state index in [0.29, 0.717) is 11.5 Å². The molecular weight excluding hydrogens is 377 g/mol. The number of anilines is 1. The summed E-state index contributed by atoms with van der Waals surface area (Å²) in [5, 5.41) is 22.6. The van der Waals surface area contributed by atoms with Crippen molar-refractivity contribution in [1.29, 1.82) is 0 Å². The topological polar surface area (TPSA) is 100 Å². The number of rotatable bonds is 4. The third-order valence-electron chi connectivity index (χ3n) is 4.96. The normalized spacial score (nSPS) is 19.2. The van der Waals surface area contributed by atoms with E-state index >= 15 is 0 Å². The predicted molar refractivity (Wildman–Crippen MR) is 106 cm³/mol. The van der Waals surface area contributed by atoms with Crippen LogP contribution in [0.2, 0.25) is 0 Å². The Balaban J connectivity index is 1.67. The number of piperidine rings is 1. The second kappa shape index (κ2) is 7.86. The lowest BCUT2D eigenvalue weighted by atomic mass is 10.0. The number of nitrogens with zero attached hydrogens (tertiary/aromatic N) is 4. The number of ether oxygens (including phenoxy) is 1. The van der Waals surface area contributed by atoms with Crippen LogP contribution in [0.25, 0.3) is 22.0 Å². The zero-order chi connectivity index (χ0) is 20.4. The summed E-state index contributed by atoms with van der Waals surface area (Å²) < 4.78 is 19.2. The SMILES string of the molecule is COc1ccc(-c2nnc(N[C@@H]3C[C@@H](F)CN(C(=O)O)C3)c3ccncc23)cc1. The number of pyridine rings is 1. The van der Waals surface area contributed by atoms with Gasteiger partial charge in [-0.05, 0) is 30.3 Å². The molecule has 3 heterocycles. The molecule has 1 fully saturated rings. The maximum atomic E-state index is 14.0. The average Bonchev–Trinajstić information content (AvgIpc) is 2.74. The molecule has 0 bridgehead atoms. The summed E-state index contributed by atoms with van der Waals surface area (Å²) in [6.45, 7) is 0.0739. The molecule has 2 aromatic heterocycles. The van der Waals surface area contributed by atoms with Gasteiger partial charge < -0.3 is 20.1 Å². The Morgan fingerprint density at radius 2 is 2.00 bits per heavy atom. The fraction of sp³-hybridized carbons (Fsp3) is 0.300. The number of halogens is 1. The van der Waals surface area contributed by atoms with Crippen molar-refractivity contribution in [3.63, 3.8) is 0 Å². The van der Waals surface area contributed by atoms with Crippen molar-refractivity contribution in [3.8, 4) is 17.0 Å².